The second-order valence-electron chi connectivity index (χ2n) is 13.0. The minimum Gasteiger partial charge on any atom is -0.416 e. The van der Waals surface area contributed by atoms with Crippen molar-refractivity contribution in [2.45, 2.75) is 0 Å². The second kappa shape index (κ2) is 13.2. The van der Waals surface area contributed by atoms with E-state index in [-0.39, 0.29) is 0 Å². The normalized spacial score (nSPS) is 11.3. The third-order valence-electron chi connectivity index (χ3n) is 9.59. The standard InChI is InChI=1S/C46H29N7O/c1-2-13-39(14-3-1)53-43-17-7-6-16-42(43)50-44(53)37-22-35(21-36(25-37)41-29-49-27-31-10-4-5-15-40(31)41)34-20-33(30-11-8-18-47-26-30)23-38(24-34)46-52-51-45(54-46)32-12-9-19-48-28-32/h1-29H. The lowest BCUT2D eigenvalue weighted by molar-refractivity contribution is 0.584. The molecule has 0 radical (unpaired) electrons. The average molecular weight is 696 g/mol. The van der Waals surface area contributed by atoms with Crippen LogP contribution in [0.2, 0.25) is 0 Å². The molecule has 10 rings (SSSR count). The number of aromatic nitrogens is 7. The highest BCUT2D eigenvalue weighted by atomic mass is 16.4. The molecule has 8 heteroatoms. The van der Waals surface area contributed by atoms with Crippen LogP contribution in [0, 0.1) is 0 Å². The lowest BCUT2D eigenvalue weighted by atomic mass is 9.92. The van der Waals surface area contributed by atoms with Gasteiger partial charge >= 0.3 is 0 Å². The highest BCUT2D eigenvalue weighted by molar-refractivity contribution is 5.98. The van der Waals surface area contributed by atoms with Gasteiger partial charge in [-0.2, -0.15) is 0 Å². The maximum atomic E-state index is 6.27. The molecule has 0 fully saturated rings. The van der Waals surface area contributed by atoms with E-state index < -0.39 is 0 Å². The number of hydrogen-bond donors (Lipinski definition) is 0. The van der Waals surface area contributed by atoms with Crippen LogP contribution in [0.5, 0.6) is 0 Å². The molecule has 0 aliphatic rings. The molecule has 0 amide bonds. The van der Waals surface area contributed by atoms with E-state index in [2.05, 4.69) is 133 Å². The molecule has 5 heterocycles. The van der Waals surface area contributed by atoms with Gasteiger partial charge in [-0.05, 0) is 107 Å². The highest BCUT2D eigenvalue weighted by Crippen LogP contribution is 2.39. The molecule has 5 aromatic carbocycles. The summed E-state index contributed by atoms with van der Waals surface area (Å²) in [5.41, 5.74) is 11.4. The van der Waals surface area contributed by atoms with Gasteiger partial charge in [0.25, 0.3) is 0 Å². The zero-order chi connectivity index (χ0) is 35.8. The van der Waals surface area contributed by atoms with Crippen molar-refractivity contribution >= 4 is 21.8 Å². The number of pyridine rings is 3. The number of imidazole rings is 1. The Hall–Kier alpha value is -7.58. The second-order valence-corrected chi connectivity index (χ2v) is 13.0. The molecule has 0 saturated carbocycles. The predicted molar refractivity (Wildman–Crippen MR) is 212 cm³/mol. The van der Waals surface area contributed by atoms with E-state index in [0.29, 0.717) is 11.8 Å². The summed E-state index contributed by atoms with van der Waals surface area (Å²) in [5, 5.41) is 11.0. The molecule has 0 atom stereocenters. The highest BCUT2D eigenvalue weighted by Gasteiger charge is 2.19. The van der Waals surface area contributed by atoms with Crippen molar-refractivity contribution in [2.75, 3.05) is 0 Å². The molecular formula is C46H29N7O. The minimum atomic E-state index is 0.402. The summed E-state index contributed by atoms with van der Waals surface area (Å²) in [4.78, 5) is 18.6. The SMILES string of the molecule is c1ccc(-n2c(-c3cc(-c4cc(-c5cccnc5)cc(-c5nnc(-c6cccnc6)o5)c4)cc(-c4cncc5ccccc45)c3)nc3ccccc32)cc1. The average Bonchev–Trinajstić information content (AvgIpc) is 3.91. The molecule has 0 aliphatic heterocycles. The Kier molecular flexibility index (Phi) is 7.62. The van der Waals surface area contributed by atoms with Crippen LogP contribution in [-0.2, 0) is 0 Å². The zero-order valence-electron chi connectivity index (χ0n) is 28.8. The lowest BCUT2D eigenvalue weighted by Crippen LogP contribution is -1.98. The minimum absolute atomic E-state index is 0.402. The molecule has 54 heavy (non-hydrogen) atoms. The Bertz CT molecular complexity index is 2930. The van der Waals surface area contributed by atoms with Gasteiger partial charge in [0, 0.05) is 70.5 Å². The molecule has 0 N–H and O–H groups in total. The van der Waals surface area contributed by atoms with Crippen molar-refractivity contribution in [1.82, 2.24) is 34.7 Å². The van der Waals surface area contributed by atoms with E-state index in [0.717, 1.165) is 83.4 Å². The Labute approximate surface area is 310 Å². The first kappa shape index (κ1) is 31.2. The maximum Gasteiger partial charge on any atom is 0.249 e. The molecule has 0 spiro atoms. The largest absolute Gasteiger partial charge is 0.416 e. The number of benzene rings is 5. The molecular weight excluding hydrogens is 667 g/mol. The van der Waals surface area contributed by atoms with E-state index in [1.165, 1.54) is 0 Å². The number of nitrogens with zero attached hydrogens (tertiary/aromatic N) is 7. The van der Waals surface area contributed by atoms with Crippen molar-refractivity contribution < 1.29 is 4.42 Å². The van der Waals surface area contributed by atoms with Crippen LogP contribution in [0.1, 0.15) is 0 Å². The summed E-state index contributed by atoms with van der Waals surface area (Å²) in [6.45, 7) is 0. The fourth-order valence-corrected chi connectivity index (χ4v) is 7.05. The molecule has 8 nitrogen and oxygen atoms in total. The van der Waals surface area contributed by atoms with Crippen LogP contribution in [0.15, 0.2) is 181 Å². The van der Waals surface area contributed by atoms with E-state index >= 15 is 0 Å². The van der Waals surface area contributed by atoms with Crippen LogP contribution in [0.3, 0.4) is 0 Å². The topological polar surface area (TPSA) is 95.4 Å². The Balaban J connectivity index is 1.23. The van der Waals surface area contributed by atoms with E-state index in [1.54, 1.807) is 18.6 Å². The Morgan fingerprint density at radius 1 is 0.444 bits per heavy atom. The maximum absolute atomic E-state index is 6.27. The first-order valence-corrected chi connectivity index (χ1v) is 17.6. The predicted octanol–water partition coefficient (Wildman–Crippen LogP) is 10.7. The van der Waals surface area contributed by atoms with Crippen LogP contribution < -0.4 is 0 Å². The Morgan fingerprint density at radius 3 is 1.87 bits per heavy atom. The van der Waals surface area contributed by atoms with Crippen molar-refractivity contribution in [3.63, 3.8) is 0 Å². The van der Waals surface area contributed by atoms with Crippen LogP contribution in [-0.4, -0.2) is 34.7 Å². The summed E-state index contributed by atoms with van der Waals surface area (Å²) >= 11 is 0. The lowest BCUT2D eigenvalue weighted by Gasteiger charge is -2.15. The van der Waals surface area contributed by atoms with E-state index in [4.69, 9.17) is 9.40 Å². The van der Waals surface area contributed by atoms with Gasteiger partial charge in [0.2, 0.25) is 11.8 Å². The summed E-state index contributed by atoms with van der Waals surface area (Å²) in [5.74, 6) is 1.64. The number of rotatable bonds is 7. The summed E-state index contributed by atoms with van der Waals surface area (Å²) in [6.07, 6.45) is 10.9. The van der Waals surface area contributed by atoms with Crippen LogP contribution >= 0.6 is 0 Å². The molecule has 254 valence electrons. The third-order valence-corrected chi connectivity index (χ3v) is 9.59. The molecule has 0 bridgehead atoms. The molecule has 0 aliphatic carbocycles. The van der Waals surface area contributed by atoms with Crippen molar-refractivity contribution in [1.29, 1.82) is 0 Å². The van der Waals surface area contributed by atoms with Crippen molar-refractivity contribution in [3.8, 4) is 73.4 Å². The number of hydrogen-bond acceptors (Lipinski definition) is 7. The van der Waals surface area contributed by atoms with Crippen molar-refractivity contribution in [2.24, 2.45) is 0 Å². The Morgan fingerprint density at radius 2 is 1.07 bits per heavy atom. The molecule has 0 unspecified atom stereocenters. The first-order chi connectivity index (χ1) is 26.7. The number of fused-ring (bicyclic) bond motifs is 2. The van der Waals surface area contributed by atoms with Gasteiger partial charge < -0.3 is 4.42 Å². The quantitative estimate of drug-likeness (QED) is 0.164. The fourth-order valence-electron chi connectivity index (χ4n) is 7.05. The van der Waals surface area contributed by atoms with Crippen LogP contribution in [0.4, 0.5) is 0 Å². The van der Waals surface area contributed by atoms with E-state index in [1.807, 2.05) is 55.0 Å². The van der Waals surface area contributed by atoms with Gasteiger partial charge in [-0.3, -0.25) is 19.5 Å². The fraction of sp³-hybridized carbons (Fsp3) is 0. The summed E-state index contributed by atoms with van der Waals surface area (Å²) in [7, 11) is 0. The summed E-state index contributed by atoms with van der Waals surface area (Å²) < 4.78 is 8.50. The van der Waals surface area contributed by atoms with Crippen molar-refractivity contribution in [3.05, 3.63) is 177 Å². The molecule has 5 aromatic heterocycles. The van der Waals surface area contributed by atoms with Gasteiger partial charge in [0.05, 0.1) is 16.6 Å². The first-order valence-electron chi connectivity index (χ1n) is 17.6. The van der Waals surface area contributed by atoms with Crippen LogP contribution in [0.25, 0.3) is 95.2 Å². The third kappa shape index (κ3) is 5.68. The van der Waals surface area contributed by atoms with Gasteiger partial charge in [-0.1, -0.05) is 60.7 Å². The van der Waals surface area contributed by atoms with Gasteiger partial charge in [0.1, 0.15) is 5.82 Å². The smallest absolute Gasteiger partial charge is 0.249 e. The molecule has 10 aromatic rings. The van der Waals surface area contributed by atoms with E-state index in [9.17, 15) is 0 Å². The summed E-state index contributed by atoms with van der Waals surface area (Å²) in [6, 6.07) is 47.7. The monoisotopic (exact) mass is 695 g/mol. The number of para-hydroxylation sites is 3. The van der Waals surface area contributed by atoms with Gasteiger partial charge in [-0.25, -0.2) is 4.98 Å². The van der Waals surface area contributed by atoms with Gasteiger partial charge in [-0.15, -0.1) is 10.2 Å². The van der Waals surface area contributed by atoms with Gasteiger partial charge in [0.15, 0.2) is 0 Å². The zero-order valence-corrected chi connectivity index (χ0v) is 28.8. The molecule has 0 saturated heterocycles.